The van der Waals surface area contributed by atoms with Crippen molar-refractivity contribution in [2.75, 3.05) is 26.2 Å². The van der Waals surface area contributed by atoms with Crippen molar-refractivity contribution < 1.29 is 14.7 Å². The third kappa shape index (κ3) is 2.97. The SMILES string of the molecule is C[C@]12C(=O)N(CCCO)CC(=O)N1CC(c1ccc(Cl)cc1)c1c2[nH]c2ccccc12. The summed E-state index contributed by atoms with van der Waals surface area (Å²) in [6.07, 6.45) is 0.446. The third-order valence-electron chi connectivity index (χ3n) is 6.68. The van der Waals surface area contributed by atoms with Gasteiger partial charge in [-0.2, -0.15) is 0 Å². The number of benzene rings is 2. The summed E-state index contributed by atoms with van der Waals surface area (Å²) in [6.45, 7) is 2.64. The van der Waals surface area contributed by atoms with Gasteiger partial charge in [0.2, 0.25) is 5.91 Å². The smallest absolute Gasteiger partial charge is 0.254 e. The van der Waals surface area contributed by atoms with Gasteiger partial charge in [-0.25, -0.2) is 0 Å². The number of aliphatic hydroxyl groups excluding tert-OH is 1. The Kier molecular flexibility index (Phi) is 4.79. The highest BCUT2D eigenvalue weighted by Gasteiger charge is 2.56. The van der Waals surface area contributed by atoms with Crippen molar-refractivity contribution in [1.82, 2.24) is 14.8 Å². The molecular formula is C24H24ClN3O3. The number of hydrogen-bond acceptors (Lipinski definition) is 3. The second-order valence-electron chi connectivity index (χ2n) is 8.44. The molecule has 2 aromatic carbocycles. The molecule has 0 saturated carbocycles. The molecule has 2 aliphatic heterocycles. The highest BCUT2D eigenvalue weighted by molar-refractivity contribution is 6.30. The molecule has 160 valence electrons. The minimum atomic E-state index is -1.11. The summed E-state index contributed by atoms with van der Waals surface area (Å²) >= 11 is 6.12. The molecule has 1 saturated heterocycles. The number of fused-ring (bicyclic) bond motifs is 5. The summed E-state index contributed by atoms with van der Waals surface area (Å²) in [6, 6.07) is 15.7. The van der Waals surface area contributed by atoms with Crippen LogP contribution in [0.15, 0.2) is 48.5 Å². The van der Waals surface area contributed by atoms with Crippen molar-refractivity contribution in [2.24, 2.45) is 0 Å². The zero-order valence-corrected chi connectivity index (χ0v) is 18.0. The monoisotopic (exact) mass is 437 g/mol. The molecule has 0 bridgehead atoms. The van der Waals surface area contributed by atoms with Crippen LogP contribution in [-0.2, 0) is 15.1 Å². The first-order valence-electron chi connectivity index (χ1n) is 10.5. The molecule has 0 radical (unpaired) electrons. The van der Waals surface area contributed by atoms with E-state index in [2.05, 4.69) is 11.1 Å². The minimum Gasteiger partial charge on any atom is -0.396 e. The first kappa shape index (κ1) is 20.1. The Bertz CT molecular complexity index is 1170. The van der Waals surface area contributed by atoms with E-state index in [-0.39, 0.29) is 30.9 Å². The van der Waals surface area contributed by atoms with E-state index in [1.54, 1.807) is 9.80 Å². The van der Waals surface area contributed by atoms with Crippen LogP contribution in [0.5, 0.6) is 0 Å². The van der Waals surface area contributed by atoms with Crippen LogP contribution >= 0.6 is 11.6 Å². The molecule has 3 aromatic rings. The van der Waals surface area contributed by atoms with E-state index in [1.807, 2.05) is 49.4 Å². The predicted molar refractivity (Wildman–Crippen MR) is 119 cm³/mol. The highest BCUT2D eigenvalue weighted by atomic mass is 35.5. The van der Waals surface area contributed by atoms with E-state index < -0.39 is 5.54 Å². The fourth-order valence-electron chi connectivity index (χ4n) is 5.11. The second-order valence-corrected chi connectivity index (χ2v) is 8.88. The Morgan fingerprint density at radius 3 is 2.65 bits per heavy atom. The van der Waals surface area contributed by atoms with Gasteiger partial charge in [0.25, 0.3) is 5.91 Å². The molecule has 31 heavy (non-hydrogen) atoms. The maximum atomic E-state index is 13.7. The van der Waals surface area contributed by atoms with Crippen molar-refractivity contribution in [2.45, 2.75) is 24.8 Å². The number of para-hydroxylation sites is 1. The third-order valence-corrected chi connectivity index (χ3v) is 6.93. The van der Waals surface area contributed by atoms with Crippen LogP contribution < -0.4 is 0 Å². The molecule has 7 heteroatoms. The predicted octanol–water partition coefficient (Wildman–Crippen LogP) is 3.24. The molecule has 0 aliphatic carbocycles. The fraction of sp³-hybridized carbons (Fsp3) is 0.333. The van der Waals surface area contributed by atoms with Gasteiger partial charge in [-0.15, -0.1) is 0 Å². The zero-order valence-electron chi connectivity index (χ0n) is 17.3. The van der Waals surface area contributed by atoms with Gasteiger partial charge in [-0.1, -0.05) is 41.9 Å². The van der Waals surface area contributed by atoms with Crippen molar-refractivity contribution in [3.8, 4) is 0 Å². The van der Waals surface area contributed by atoms with E-state index in [0.717, 1.165) is 27.7 Å². The number of nitrogens with zero attached hydrogens (tertiary/aromatic N) is 2. The molecule has 5 rings (SSSR count). The van der Waals surface area contributed by atoms with Crippen LogP contribution in [-0.4, -0.2) is 57.9 Å². The number of halogens is 1. The zero-order chi connectivity index (χ0) is 21.8. The number of H-pyrrole nitrogens is 1. The Morgan fingerprint density at radius 1 is 1.16 bits per heavy atom. The quantitative estimate of drug-likeness (QED) is 0.657. The Hall–Kier alpha value is -2.83. The molecule has 2 amide bonds. The van der Waals surface area contributed by atoms with Gasteiger partial charge < -0.3 is 19.9 Å². The molecule has 1 fully saturated rings. The van der Waals surface area contributed by atoms with Gasteiger partial charge in [-0.3, -0.25) is 9.59 Å². The Morgan fingerprint density at radius 2 is 1.90 bits per heavy atom. The summed E-state index contributed by atoms with van der Waals surface area (Å²) in [7, 11) is 0. The number of carbonyl (C=O) groups is 2. The van der Waals surface area contributed by atoms with Crippen LogP contribution in [0.1, 0.15) is 36.1 Å². The van der Waals surface area contributed by atoms with Crippen LogP contribution in [0.3, 0.4) is 0 Å². The van der Waals surface area contributed by atoms with E-state index in [0.29, 0.717) is 24.5 Å². The molecule has 3 heterocycles. The van der Waals surface area contributed by atoms with Gasteiger partial charge >= 0.3 is 0 Å². The van der Waals surface area contributed by atoms with Crippen LogP contribution in [0.4, 0.5) is 0 Å². The summed E-state index contributed by atoms with van der Waals surface area (Å²) in [5.74, 6) is -0.261. The number of hydrogen-bond donors (Lipinski definition) is 2. The van der Waals surface area contributed by atoms with Crippen molar-refractivity contribution in [1.29, 1.82) is 0 Å². The maximum absolute atomic E-state index is 13.7. The number of nitrogens with one attached hydrogen (secondary N) is 1. The first-order chi connectivity index (χ1) is 14.9. The number of piperazine rings is 1. The van der Waals surface area contributed by atoms with Crippen molar-refractivity contribution >= 4 is 34.3 Å². The average molecular weight is 438 g/mol. The molecule has 0 spiro atoms. The Balaban J connectivity index is 1.72. The molecule has 2 aliphatic rings. The number of amides is 2. The largest absolute Gasteiger partial charge is 0.396 e. The lowest BCUT2D eigenvalue weighted by Gasteiger charge is -2.51. The van der Waals surface area contributed by atoms with Gasteiger partial charge in [-0.05, 0) is 42.7 Å². The Labute approximate surface area is 185 Å². The fourth-order valence-corrected chi connectivity index (χ4v) is 5.24. The lowest BCUT2D eigenvalue weighted by Crippen LogP contribution is -2.67. The standard InChI is InChI=1S/C24H24ClN3O3/c1-24-22-21(17-5-2-3-6-19(17)26-22)18(15-7-9-16(25)10-8-15)13-28(24)20(30)14-27(23(24)31)11-4-12-29/h2-3,5-10,18,26,29H,4,11-14H2,1H3/t18?,24-/m0/s1. The summed E-state index contributed by atoms with van der Waals surface area (Å²) in [5.41, 5.74) is 2.72. The molecule has 2 atom stereocenters. The number of aromatic amines is 1. The molecular weight excluding hydrogens is 414 g/mol. The van der Waals surface area contributed by atoms with Gasteiger partial charge in [0.05, 0.1) is 12.2 Å². The van der Waals surface area contributed by atoms with E-state index in [4.69, 9.17) is 11.6 Å². The van der Waals surface area contributed by atoms with Crippen LogP contribution in [0.2, 0.25) is 5.02 Å². The molecule has 1 unspecified atom stereocenters. The van der Waals surface area contributed by atoms with Crippen molar-refractivity contribution in [3.05, 3.63) is 70.4 Å². The van der Waals surface area contributed by atoms with Crippen LogP contribution in [0.25, 0.3) is 10.9 Å². The van der Waals surface area contributed by atoms with Crippen molar-refractivity contribution in [3.63, 3.8) is 0 Å². The summed E-state index contributed by atoms with van der Waals surface area (Å²) < 4.78 is 0. The molecule has 1 aromatic heterocycles. The average Bonchev–Trinajstić information content (AvgIpc) is 3.17. The second kappa shape index (κ2) is 7.39. The van der Waals surface area contributed by atoms with E-state index in [9.17, 15) is 14.7 Å². The number of aromatic nitrogens is 1. The van der Waals surface area contributed by atoms with E-state index >= 15 is 0 Å². The molecule has 6 nitrogen and oxygen atoms in total. The maximum Gasteiger partial charge on any atom is 0.254 e. The van der Waals surface area contributed by atoms with Gasteiger partial charge in [0, 0.05) is 41.5 Å². The summed E-state index contributed by atoms with van der Waals surface area (Å²) in [4.78, 5) is 33.7. The lowest BCUT2D eigenvalue weighted by atomic mass is 9.76. The minimum absolute atomic E-state index is 0.0192. The lowest BCUT2D eigenvalue weighted by molar-refractivity contribution is -0.166. The number of aliphatic hydroxyl groups is 1. The number of rotatable bonds is 4. The number of carbonyl (C=O) groups excluding carboxylic acids is 2. The van der Waals surface area contributed by atoms with E-state index in [1.165, 1.54) is 0 Å². The van der Waals surface area contributed by atoms with Crippen LogP contribution in [0, 0.1) is 0 Å². The topological polar surface area (TPSA) is 76.6 Å². The van der Waals surface area contributed by atoms with Gasteiger partial charge in [0.1, 0.15) is 0 Å². The molecule has 2 N–H and O–H groups in total. The first-order valence-corrected chi connectivity index (χ1v) is 10.9. The summed E-state index contributed by atoms with van der Waals surface area (Å²) in [5, 5.41) is 11.0. The normalized spacial score (nSPS) is 23.3. The van der Waals surface area contributed by atoms with Gasteiger partial charge in [0.15, 0.2) is 5.54 Å². The highest BCUT2D eigenvalue weighted by Crippen LogP contribution is 2.48.